The molecule has 1 aromatic rings. The fraction of sp³-hybridized carbons (Fsp3) is 0.462. The molecule has 1 aromatic carbocycles. The maximum Gasteiger partial charge on any atom is 0.306 e. The fourth-order valence-corrected chi connectivity index (χ4v) is 1.80. The van der Waals surface area contributed by atoms with Crippen molar-refractivity contribution in [3.05, 3.63) is 35.9 Å². The van der Waals surface area contributed by atoms with Crippen LogP contribution in [-0.4, -0.2) is 29.9 Å². The number of carbonyl (C=O) groups excluding carboxylic acids is 1. The SMILES string of the molecule is O=C1CC[C@H]([C@H](O)COCc2ccccc2)O1. The molecule has 0 aromatic heterocycles. The van der Waals surface area contributed by atoms with E-state index in [4.69, 9.17) is 9.47 Å². The van der Waals surface area contributed by atoms with E-state index in [-0.39, 0.29) is 12.6 Å². The van der Waals surface area contributed by atoms with Crippen molar-refractivity contribution in [1.82, 2.24) is 0 Å². The van der Waals surface area contributed by atoms with Gasteiger partial charge in [-0.2, -0.15) is 0 Å². The topological polar surface area (TPSA) is 55.8 Å². The van der Waals surface area contributed by atoms with Crippen LogP contribution in [0.2, 0.25) is 0 Å². The number of benzene rings is 1. The van der Waals surface area contributed by atoms with Crippen LogP contribution in [0.4, 0.5) is 0 Å². The van der Waals surface area contributed by atoms with Gasteiger partial charge in [0.25, 0.3) is 0 Å². The zero-order chi connectivity index (χ0) is 12.1. The van der Waals surface area contributed by atoms with Crippen LogP contribution in [0.1, 0.15) is 18.4 Å². The van der Waals surface area contributed by atoms with E-state index in [1.54, 1.807) is 0 Å². The van der Waals surface area contributed by atoms with Crippen LogP contribution in [0.25, 0.3) is 0 Å². The molecule has 4 heteroatoms. The van der Waals surface area contributed by atoms with Gasteiger partial charge in [-0.15, -0.1) is 0 Å². The van der Waals surface area contributed by atoms with Crippen LogP contribution < -0.4 is 0 Å². The highest BCUT2D eigenvalue weighted by Crippen LogP contribution is 2.17. The standard InChI is InChI=1S/C13H16O4/c14-11(12-6-7-13(15)17-12)9-16-8-10-4-2-1-3-5-10/h1-5,11-12,14H,6-9H2/t11-,12-/m1/s1. The number of carbonyl (C=O) groups is 1. The molecule has 1 aliphatic rings. The Balaban J connectivity index is 1.70. The van der Waals surface area contributed by atoms with Crippen LogP contribution in [-0.2, 0) is 20.9 Å². The van der Waals surface area contributed by atoms with Gasteiger partial charge < -0.3 is 14.6 Å². The molecule has 1 saturated heterocycles. The molecule has 17 heavy (non-hydrogen) atoms. The predicted octanol–water partition coefficient (Wildman–Crippen LogP) is 1.27. The Kier molecular flexibility index (Phi) is 4.12. The Hall–Kier alpha value is -1.39. The number of cyclic esters (lactones) is 1. The van der Waals surface area contributed by atoms with Gasteiger partial charge in [0.15, 0.2) is 0 Å². The Bertz CT molecular complexity index is 363. The van der Waals surface area contributed by atoms with Gasteiger partial charge in [-0.05, 0) is 12.0 Å². The first-order chi connectivity index (χ1) is 8.25. The maximum atomic E-state index is 10.9. The molecule has 1 fully saturated rings. The Morgan fingerprint density at radius 2 is 2.18 bits per heavy atom. The second-order valence-electron chi connectivity index (χ2n) is 4.14. The van der Waals surface area contributed by atoms with Crippen molar-refractivity contribution in [3.63, 3.8) is 0 Å². The molecule has 0 spiro atoms. The van der Waals surface area contributed by atoms with Crippen molar-refractivity contribution in [2.45, 2.75) is 31.7 Å². The van der Waals surface area contributed by atoms with Crippen molar-refractivity contribution >= 4 is 5.97 Å². The van der Waals surface area contributed by atoms with Crippen LogP contribution >= 0.6 is 0 Å². The predicted molar refractivity (Wildman–Crippen MR) is 61.2 cm³/mol. The third-order valence-electron chi connectivity index (χ3n) is 2.75. The van der Waals surface area contributed by atoms with Gasteiger partial charge in [-0.25, -0.2) is 0 Å². The number of hydrogen-bond acceptors (Lipinski definition) is 4. The number of rotatable bonds is 5. The highest BCUT2D eigenvalue weighted by molar-refractivity contribution is 5.71. The summed E-state index contributed by atoms with van der Waals surface area (Å²) in [6.45, 7) is 0.644. The zero-order valence-corrected chi connectivity index (χ0v) is 9.54. The van der Waals surface area contributed by atoms with Crippen molar-refractivity contribution in [1.29, 1.82) is 0 Å². The quantitative estimate of drug-likeness (QED) is 0.782. The number of aliphatic hydroxyl groups is 1. The normalized spacial score (nSPS) is 21.2. The van der Waals surface area contributed by atoms with Gasteiger partial charge in [0.2, 0.25) is 0 Å². The monoisotopic (exact) mass is 236 g/mol. The van der Waals surface area contributed by atoms with Gasteiger partial charge in [-0.1, -0.05) is 30.3 Å². The average molecular weight is 236 g/mol. The largest absolute Gasteiger partial charge is 0.459 e. The molecule has 0 aliphatic carbocycles. The van der Waals surface area contributed by atoms with E-state index in [0.29, 0.717) is 19.4 Å². The Morgan fingerprint density at radius 3 is 2.82 bits per heavy atom. The van der Waals surface area contributed by atoms with E-state index in [1.807, 2.05) is 30.3 Å². The maximum absolute atomic E-state index is 10.9. The minimum Gasteiger partial charge on any atom is -0.459 e. The van der Waals surface area contributed by atoms with Gasteiger partial charge in [0.05, 0.1) is 13.2 Å². The van der Waals surface area contributed by atoms with Gasteiger partial charge in [0, 0.05) is 6.42 Å². The lowest BCUT2D eigenvalue weighted by molar-refractivity contribution is -0.147. The third-order valence-corrected chi connectivity index (χ3v) is 2.75. The number of esters is 1. The smallest absolute Gasteiger partial charge is 0.306 e. The summed E-state index contributed by atoms with van der Waals surface area (Å²) < 4.78 is 10.3. The van der Waals surface area contributed by atoms with Crippen LogP contribution in [0.15, 0.2) is 30.3 Å². The van der Waals surface area contributed by atoms with Crippen LogP contribution in [0.3, 0.4) is 0 Å². The summed E-state index contributed by atoms with van der Waals surface area (Å²) in [5, 5.41) is 9.74. The van der Waals surface area contributed by atoms with E-state index < -0.39 is 12.2 Å². The summed E-state index contributed by atoms with van der Waals surface area (Å²) in [4.78, 5) is 10.9. The summed E-state index contributed by atoms with van der Waals surface area (Å²) in [6, 6.07) is 9.74. The average Bonchev–Trinajstić information content (AvgIpc) is 2.77. The van der Waals surface area contributed by atoms with Gasteiger partial charge >= 0.3 is 5.97 Å². The first-order valence-electron chi connectivity index (χ1n) is 5.75. The summed E-state index contributed by atoms with van der Waals surface area (Å²) in [5.41, 5.74) is 1.06. The molecule has 0 amide bonds. The van der Waals surface area contributed by atoms with Gasteiger partial charge in [-0.3, -0.25) is 4.79 Å². The molecular weight excluding hydrogens is 220 g/mol. The molecule has 2 rings (SSSR count). The lowest BCUT2D eigenvalue weighted by Crippen LogP contribution is -2.30. The Labute approximate surface area is 100 Å². The molecule has 1 heterocycles. The molecule has 92 valence electrons. The molecular formula is C13H16O4. The number of hydrogen-bond donors (Lipinski definition) is 1. The molecule has 0 radical (unpaired) electrons. The highest BCUT2D eigenvalue weighted by Gasteiger charge is 2.29. The molecule has 0 bridgehead atoms. The zero-order valence-electron chi connectivity index (χ0n) is 9.54. The van der Waals surface area contributed by atoms with E-state index in [2.05, 4.69) is 0 Å². The summed E-state index contributed by atoms with van der Waals surface area (Å²) in [7, 11) is 0. The molecule has 4 nitrogen and oxygen atoms in total. The van der Waals surface area contributed by atoms with Crippen molar-refractivity contribution in [2.75, 3.05) is 6.61 Å². The lowest BCUT2D eigenvalue weighted by atomic mass is 10.1. The molecule has 2 atom stereocenters. The molecule has 0 saturated carbocycles. The minimum absolute atomic E-state index is 0.187. The lowest BCUT2D eigenvalue weighted by Gasteiger charge is -2.16. The van der Waals surface area contributed by atoms with E-state index in [9.17, 15) is 9.90 Å². The van der Waals surface area contributed by atoms with Gasteiger partial charge in [0.1, 0.15) is 12.2 Å². The fourth-order valence-electron chi connectivity index (χ4n) is 1.80. The van der Waals surface area contributed by atoms with Crippen molar-refractivity contribution in [3.8, 4) is 0 Å². The second-order valence-corrected chi connectivity index (χ2v) is 4.14. The first kappa shape index (κ1) is 12.1. The molecule has 0 unspecified atom stereocenters. The van der Waals surface area contributed by atoms with Crippen LogP contribution in [0.5, 0.6) is 0 Å². The Morgan fingerprint density at radius 1 is 1.41 bits per heavy atom. The third kappa shape index (κ3) is 3.54. The minimum atomic E-state index is -0.731. The summed E-state index contributed by atoms with van der Waals surface area (Å²) in [6.07, 6.45) is -0.168. The number of ether oxygens (including phenoxy) is 2. The van der Waals surface area contributed by atoms with Crippen molar-refractivity contribution in [2.24, 2.45) is 0 Å². The van der Waals surface area contributed by atoms with Crippen LogP contribution in [0, 0.1) is 0 Å². The molecule has 1 N–H and O–H groups in total. The van der Waals surface area contributed by atoms with E-state index in [0.717, 1.165) is 5.56 Å². The highest BCUT2D eigenvalue weighted by atomic mass is 16.6. The van der Waals surface area contributed by atoms with E-state index in [1.165, 1.54) is 0 Å². The second kappa shape index (κ2) is 5.80. The summed E-state index contributed by atoms with van der Waals surface area (Å²) >= 11 is 0. The van der Waals surface area contributed by atoms with Crippen molar-refractivity contribution < 1.29 is 19.4 Å². The summed E-state index contributed by atoms with van der Waals surface area (Å²) in [5.74, 6) is -0.239. The molecule has 1 aliphatic heterocycles. The first-order valence-corrected chi connectivity index (χ1v) is 5.75. The van der Waals surface area contributed by atoms with E-state index >= 15 is 0 Å². The number of aliphatic hydroxyl groups excluding tert-OH is 1.